The molecule has 1 heterocycles. The standard InChI is InChI=1S/C23H18N2O.C8H15NO4/c1-16(24)21-15-25(22-10-6-5-9-20(21)22)19-13-11-18(12-14-19)23(26)17-7-3-2-4-8-17;1-8(2,3)13-7(12)9(4)5-6(10)11/h2-15,24H,1H3;5H2,1-4H3,(H,10,11). The van der Waals surface area contributed by atoms with Crippen molar-refractivity contribution in [1.82, 2.24) is 9.47 Å². The lowest BCUT2D eigenvalue weighted by atomic mass is 10.0. The third kappa shape index (κ3) is 7.64. The summed E-state index contributed by atoms with van der Waals surface area (Å²) in [5, 5.41) is 17.5. The molecule has 0 aliphatic carbocycles. The SMILES string of the molecule is CC(=N)c1cn(-c2ccc(C(=O)c3ccccc3)cc2)c2ccccc12.CN(CC(=O)O)C(=O)OC(C)(C)C. The number of hydrogen-bond acceptors (Lipinski definition) is 5. The van der Waals surface area contributed by atoms with E-state index in [9.17, 15) is 14.4 Å². The molecule has 2 N–H and O–H groups in total. The van der Waals surface area contributed by atoms with Gasteiger partial charge in [0.25, 0.3) is 0 Å². The van der Waals surface area contributed by atoms with Crippen molar-refractivity contribution in [1.29, 1.82) is 5.41 Å². The van der Waals surface area contributed by atoms with Crippen LogP contribution in [0.15, 0.2) is 85.1 Å². The van der Waals surface area contributed by atoms with Crippen LogP contribution in [0.1, 0.15) is 49.2 Å². The van der Waals surface area contributed by atoms with Crippen LogP contribution < -0.4 is 0 Å². The Morgan fingerprint density at radius 2 is 1.46 bits per heavy atom. The summed E-state index contributed by atoms with van der Waals surface area (Å²) in [6, 6.07) is 25.0. The summed E-state index contributed by atoms with van der Waals surface area (Å²) in [4.78, 5) is 34.9. The Labute approximate surface area is 228 Å². The fourth-order valence-electron chi connectivity index (χ4n) is 3.83. The summed E-state index contributed by atoms with van der Waals surface area (Å²) in [6.07, 6.45) is 1.36. The third-order valence-corrected chi connectivity index (χ3v) is 5.64. The number of rotatable bonds is 6. The molecule has 0 saturated carbocycles. The number of para-hydroxylation sites is 1. The predicted octanol–water partition coefficient (Wildman–Crippen LogP) is 6.19. The highest BCUT2D eigenvalue weighted by atomic mass is 16.6. The summed E-state index contributed by atoms with van der Waals surface area (Å²) in [5.74, 6) is -1.04. The molecule has 1 aromatic heterocycles. The Hall–Kier alpha value is -4.72. The molecule has 1 amide bonds. The Kier molecular flexibility index (Phi) is 9.04. The third-order valence-electron chi connectivity index (χ3n) is 5.64. The molecule has 8 heteroatoms. The van der Waals surface area contributed by atoms with Gasteiger partial charge in [-0.05, 0) is 58.0 Å². The number of ether oxygens (including phenoxy) is 1. The number of hydrogen-bond donors (Lipinski definition) is 2. The van der Waals surface area contributed by atoms with Crippen LogP contribution in [-0.2, 0) is 9.53 Å². The molecular weight excluding hydrogens is 494 g/mol. The van der Waals surface area contributed by atoms with Crippen LogP contribution in [0.25, 0.3) is 16.6 Å². The summed E-state index contributed by atoms with van der Waals surface area (Å²) in [6.45, 7) is 6.61. The van der Waals surface area contributed by atoms with Gasteiger partial charge in [0.05, 0.1) is 5.52 Å². The lowest BCUT2D eigenvalue weighted by molar-refractivity contribution is -0.137. The first-order valence-electron chi connectivity index (χ1n) is 12.4. The molecule has 0 aliphatic heterocycles. The zero-order valence-corrected chi connectivity index (χ0v) is 22.8. The number of likely N-dealkylation sites (N-methyl/N-ethyl adjacent to an activating group) is 1. The Morgan fingerprint density at radius 3 is 2.03 bits per heavy atom. The highest BCUT2D eigenvalue weighted by molar-refractivity contribution is 6.10. The van der Waals surface area contributed by atoms with Crippen LogP contribution in [0.4, 0.5) is 4.79 Å². The van der Waals surface area contributed by atoms with Crippen molar-refractivity contribution < 1.29 is 24.2 Å². The Morgan fingerprint density at radius 1 is 0.897 bits per heavy atom. The van der Waals surface area contributed by atoms with Gasteiger partial charge in [-0.3, -0.25) is 9.59 Å². The molecule has 0 saturated heterocycles. The summed E-state index contributed by atoms with van der Waals surface area (Å²) in [5.41, 5.74) is 4.24. The molecule has 4 aromatic rings. The van der Waals surface area contributed by atoms with Crippen LogP contribution in [0.5, 0.6) is 0 Å². The van der Waals surface area contributed by atoms with Gasteiger partial charge in [0.15, 0.2) is 5.78 Å². The van der Waals surface area contributed by atoms with Gasteiger partial charge in [-0.15, -0.1) is 0 Å². The maximum absolute atomic E-state index is 12.6. The quantitative estimate of drug-likeness (QED) is 0.229. The highest BCUT2D eigenvalue weighted by Gasteiger charge is 2.20. The van der Waals surface area contributed by atoms with Gasteiger partial charge in [0, 0.05) is 46.7 Å². The Bertz CT molecular complexity index is 1480. The van der Waals surface area contributed by atoms with E-state index in [-0.39, 0.29) is 12.3 Å². The molecular formula is C31H33N3O5. The Balaban J connectivity index is 0.000000276. The number of carbonyl (C=O) groups excluding carboxylic acids is 2. The second-order valence-corrected chi connectivity index (χ2v) is 10.0. The van der Waals surface area contributed by atoms with Crippen LogP contribution in [0.3, 0.4) is 0 Å². The average molecular weight is 528 g/mol. The molecule has 0 spiro atoms. The molecule has 202 valence electrons. The average Bonchev–Trinajstić information content (AvgIpc) is 3.28. The van der Waals surface area contributed by atoms with Crippen molar-refractivity contribution in [2.75, 3.05) is 13.6 Å². The van der Waals surface area contributed by atoms with E-state index in [1.807, 2.05) is 85.1 Å². The monoisotopic (exact) mass is 527 g/mol. The van der Waals surface area contributed by atoms with Gasteiger partial charge in [-0.2, -0.15) is 0 Å². The molecule has 0 unspecified atom stereocenters. The van der Waals surface area contributed by atoms with Gasteiger partial charge in [-0.25, -0.2) is 4.79 Å². The van der Waals surface area contributed by atoms with Crippen molar-refractivity contribution in [3.63, 3.8) is 0 Å². The lowest BCUT2D eigenvalue weighted by Gasteiger charge is -2.23. The first-order valence-corrected chi connectivity index (χ1v) is 12.4. The number of nitrogens with zero attached hydrogens (tertiary/aromatic N) is 2. The van der Waals surface area contributed by atoms with Crippen molar-refractivity contribution >= 4 is 34.5 Å². The first-order chi connectivity index (χ1) is 18.4. The van der Waals surface area contributed by atoms with Gasteiger partial charge in [0.2, 0.25) is 0 Å². The topological polar surface area (TPSA) is 113 Å². The minimum absolute atomic E-state index is 0.0190. The van der Waals surface area contributed by atoms with Crippen LogP contribution in [0, 0.1) is 5.41 Å². The van der Waals surface area contributed by atoms with E-state index in [1.165, 1.54) is 7.05 Å². The number of fused-ring (bicyclic) bond motifs is 1. The minimum Gasteiger partial charge on any atom is -0.480 e. The second kappa shape index (κ2) is 12.2. The largest absolute Gasteiger partial charge is 0.480 e. The predicted molar refractivity (Wildman–Crippen MR) is 152 cm³/mol. The van der Waals surface area contributed by atoms with Crippen LogP contribution >= 0.6 is 0 Å². The van der Waals surface area contributed by atoms with Crippen molar-refractivity contribution in [2.45, 2.75) is 33.3 Å². The number of carboxylic acid groups (broad SMARTS) is 1. The molecule has 3 aromatic carbocycles. The number of aliphatic carboxylic acids is 1. The first kappa shape index (κ1) is 28.8. The normalized spacial score (nSPS) is 10.8. The molecule has 0 aliphatic rings. The number of amides is 1. The van der Waals surface area contributed by atoms with E-state index < -0.39 is 17.7 Å². The van der Waals surface area contributed by atoms with E-state index in [2.05, 4.69) is 4.57 Å². The van der Waals surface area contributed by atoms with Crippen molar-refractivity contribution in [3.8, 4) is 5.69 Å². The van der Waals surface area contributed by atoms with Crippen LogP contribution in [0.2, 0.25) is 0 Å². The molecule has 0 fully saturated rings. The van der Waals surface area contributed by atoms with E-state index in [0.29, 0.717) is 16.8 Å². The van der Waals surface area contributed by atoms with Crippen LogP contribution in [-0.4, -0.2) is 57.3 Å². The number of benzene rings is 3. The van der Waals surface area contributed by atoms with E-state index in [4.69, 9.17) is 15.3 Å². The molecule has 39 heavy (non-hydrogen) atoms. The van der Waals surface area contributed by atoms with Gasteiger partial charge < -0.3 is 24.7 Å². The van der Waals surface area contributed by atoms with E-state index in [1.54, 1.807) is 27.7 Å². The summed E-state index contributed by atoms with van der Waals surface area (Å²) < 4.78 is 6.99. The maximum atomic E-state index is 12.6. The van der Waals surface area contributed by atoms with Gasteiger partial charge in [-0.1, -0.05) is 48.5 Å². The minimum atomic E-state index is -1.06. The molecule has 4 rings (SSSR count). The maximum Gasteiger partial charge on any atom is 0.410 e. The van der Waals surface area contributed by atoms with Crippen molar-refractivity contribution in [2.24, 2.45) is 0 Å². The molecule has 8 nitrogen and oxygen atoms in total. The fourth-order valence-corrected chi connectivity index (χ4v) is 3.83. The number of nitrogens with one attached hydrogen (secondary N) is 1. The van der Waals surface area contributed by atoms with Gasteiger partial charge in [0.1, 0.15) is 12.1 Å². The van der Waals surface area contributed by atoms with E-state index in [0.717, 1.165) is 27.1 Å². The summed E-state index contributed by atoms with van der Waals surface area (Å²) in [7, 11) is 1.38. The van der Waals surface area contributed by atoms with E-state index >= 15 is 0 Å². The number of carbonyl (C=O) groups is 3. The highest BCUT2D eigenvalue weighted by Crippen LogP contribution is 2.25. The molecule has 0 radical (unpaired) electrons. The zero-order valence-electron chi connectivity index (χ0n) is 22.8. The summed E-state index contributed by atoms with van der Waals surface area (Å²) >= 11 is 0. The zero-order chi connectivity index (χ0) is 28.7. The molecule has 0 bridgehead atoms. The smallest absolute Gasteiger partial charge is 0.410 e. The van der Waals surface area contributed by atoms with Crippen molar-refractivity contribution in [3.05, 3.63) is 102 Å². The lowest BCUT2D eigenvalue weighted by Crippen LogP contribution is -2.37. The second-order valence-electron chi connectivity index (χ2n) is 10.0. The van der Waals surface area contributed by atoms with Gasteiger partial charge >= 0.3 is 12.1 Å². The molecule has 0 atom stereocenters. The number of carboxylic acids is 1. The number of ketones is 1. The number of aromatic nitrogens is 1. The fraction of sp³-hybridized carbons (Fsp3) is 0.226.